The molecule has 0 aliphatic carbocycles. The van der Waals surface area contributed by atoms with Crippen LogP contribution in [-0.4, -0.2) is 30.8 Å². The van der Waals surface area contributed by atoms with E-state index in [1.807, 2.05) is 26.1 Å². The smallest absolute Gasteiger partial charge is 0.433 e. The Morgan fingerprint density at radius 3 is 2.50 bits per heavy atom. The lowest BCUT2D eigenvalue weighted by Gasteiger charge is -2.13. The number of nitrogens with one attached hydrogen (secondary N) is 1. The number of aromatic nitrogens is 4. The Hall–Kier alpha value is -4.21. The van der Waals surface area contributed by atoms with Crippen molar-refractivity contribution in [1.29, 1.82) is 0 Å². The van der Waals surface area contributed by atoms with Crippen molar-refractivity contribution in [3.8, 4) is 11.1 Å². The minimum atomic E-state index is -4.56. The van der Waals surface area contributed by atoms with Gasteiger partial charge >= 0.3 is 12.1 Å². The summed E-state index contributed by atoms with van der Waals surface area (Å²) in [6.45, 7) is 3.82. The van der Waals surface area contributed by atoms with Gasteiger partial charge in [0, 0.05) is 23.6 Å². The molecule has 2 heterocycles. The normalized spacial score (nSPS) is 12.4. The zero-order chi connectivity index (χ0) is 24.5. The van der Waals surface area contributed by atoms with Gasteiger partial charge in [0.2, 0.25) is 5.95 Å². The molecule has 0 bridgehead atoms. The average Bonchev–Trinajstić information content (AvgIpc) is 3.28. The van der Waals surface area contributed by atoms with Crippen molar-refractivity contribution in [2.24, 2.45) is 0 Å². The zero-order valence-corrected chi connectivity index (χ0v) is 18.2. The highest BCUT2D eigenvalue weighted by atomic mass is 19.4. The van der Waals surface area contributed by atoms with Crippen LogP contribution in [0.2, 0.25) is 0 Å². The molecule has 0 amide bonds. The van der Waals surface area contributed by atoms with Crippen LogP contribution in [0.1, 0.15) is 40.1 Å². The van der Waals surface area contributed by atoms with Crippen LogP contribution in [0.4, 0.5) is 24.8 Å². The van der Waals surface area contributed by atoms with Crippen molar-refractivity contribution < 1.29 is 23.1 Å². The summed E-state index contributed by atoms with van der Waals surface area (Å²) in [5, 5.41) is 16.3. The molecule has 0 aliphatic rings. The Balaban J connectivity index is 1.57. The average molecular weight is 467 g/mol. The number of rotatable bonds is 6. The van der Waals surface area contributed by atoms with Crippen LogP contribution >= 0.6 is 0 Å². The summed E-state index contributed by atoms with van der Waals surface area (Å²) in [5.41, 5.74) is 3.13. The molecule has 10 heteroatoms. The highest BCUT2D eigenvalue weighted by Crippen LogP contribution is 2.30. The number of nitrogens with zero attached hydrogens (tertiary/aromatic N) is 4. The lowest BCUT2D eigenvalue weighted by Crippen LogP contribution is -2.10. The van der Waals surface area contributed by atoms with Crippen LogP contribution in [-0.2, 0) is 6.18 Å². The molecule has 4 rings (SSSR count). The summed E-state index contributed by atoms with van der Waals surface area (Å²) in [6.07, 6.45) is 0.0518. The molecule has 1 unspecified atom stereocenters. The second-order valence-corrected chi connectivity index (χ2v) is 7.79. The van der Waals surface area contributed by atoms with Crippen LogP contribution in [0, 0.1) is 6.92 Å². The number of carboxylic acid groups (broad SMARTS) is 1. The van der Waals surface area contributed by atoms with E-state index >= 15 is 0 Å². The molecule has 2 aromatic heterocycles. The zero-order valence-electron chi connectivity index (χ0n) is 18.2. The number of anilines is 2. The standard InChI is InChI=1S/C24H20F3N5O2/c1-14-9-18(11-20(10-14)30-23-28-8-7-21(31-23)24(25,26)27)19-12-29-32(13-19)15(2)16-3-5-17(6-4-16)22(33)34/h3-13,15H,1-2H3,(H,33,34)(H,28,30,31). The third-order valence-corrected chi connectivity index (χ3v) is 5.25. The molecule has 2 aromatic carbocycles. The summed E-state index contributed by atoms with van der Waals surface area (Å²) in [6, 6.07) is 12.8. The fourth-order valence-corrected chi connectivity index (χ4v) is 3.48. The van der Waals surface area contributed by atoms with Crippen molar-refractivity contribution in [2.45, 2.75) is 26.1 Å². The molecule has 0 saturated heterocycles. The molecule has 0 fully saturated rings. The van der Waals surface area contributed by atoms with Gasteiger partial charge in [-0.1, -0.05) is 18.2 Å². The van der Waals surface area contributed by atoms with Crippen molar-refractivity contribution in [1.82, 2.24) is 19.7 Å². The fourth-order valence-electron chi connectivity index (χ4n) is 3.48. The lowest BCUT2D eigenvalue weighted by molar-refractivity contribution is -0.141. The summed E-state index contributed by atoms with van der Waals surface area (Å²) < 4.78 is 40.6. The van der Waals surface area contributed by atoms with Crippen LogP contribution in [0.25, 0.3) is 11.1 Å². The molecular weight excluding hydrogens is 447 g/mol. The molecule has 174 valence electrons. The van der Waals surface area contributed by atoms with Gasteiger partial charge in [-0.3, -0.25) is 4.68 Å². The number of aryl methyl sites for hydroxylation is 1. The first-order valence-corrected chi connectivity index (χ1v) is 10.3. The Morgan fingerprint density at radius 1 is 1.09 bits per heavy atom. The van der Waals surface area contributed by atoms with E-state index in [9.17, 15) is 18.0 Å². The first-order chi connectivity index (χ1) is 16.1. The van der Waals surface area contributed by atoms with Crippen LogP contribution in [0.5, 0.6) is 0 Å². The molecule has 0 aliphatic heterocycles. The van der Waals surface area contributed by atoms with Gasteiger partial charge in [-0.15, -0.1) is 0 Å². The molecule has 0 saturated carbocycles. The van der Waals surface area contributed by atoms with E-state index in [1.54, 1.807) is 47.3 Å². The molecular formula is C24H20F3N5O2. The number of halogens is 3. The van der Waals surface area contributed by atoms with E-state index in [2.05, 4.69) is 20.4 Å². The molecule has 34 heavy (non-hydrogen) atoms. The number of alkyl halides is 3. The monoisotopic (exact) mass is 467 g/mol. The van der Waals surface area contributed by atoms with E-state index in [0.717, 1.165) is 34.5 Å². The number of hydrogen-bond acceptors (Lipinski definition) is 5. The van der Waals surface area contributed by atoms with Gasteiger partial charge in [-0.25, -0.2) is 14.8 Å². The van der Waals surface area contributed by atoms with Gasteiger partial charge < -0.3 is 10.4 Å². The van der Waals surface area contributed by atoms with Gasteiger partial charge in [-0.2, -0.15) is 18.3 Å². The highest BCUT2D eigenvalue weighted by Gasteiger charge is 2.32. The van der Waals surface area contributed by atoms with E-state index in [0.29, 0.717) is 5.69 Å². The Bertz CT molecular complexity index is 1330. The second-order valence-electron chi connectivity index (χ2n) is 7.79. The molecule has 2 N–H and O–H groups in total. The summed E-state index contributed by atoms with van der Waals surface area (Å²) in [5.74, 6) is -1.14. The van der Waals surface area contributed by atoms with Gasteiger partial charge in [0.15, 0.2) is 0 Å². The van der Waals surface area contributed by atoms with Gasteiger partial charge in [0.25, 0.3) is 0 Å². The van der Waals surface area contributed by atoms with Crippen LogP contribution < -0.4 is 5.32 Å². The number of benzene rings is 2. The Kier molecular flexibility index (Phi) is 6.06. The van der Waals surface area contributed by atoms with Crippen LogP contribution in [0.15, 0.2) is 67.1 Å². The summed E-state index contributed by atoms with van der Waals surface area (Å²) in [7, 11) is 0. The molecule has 0 spiro atoms. The number of aromatic carboxylic acids is 1. The maximum atomic E-state index is 12.9. The van der Waals surface area contributed by atoms with Crippen molar-refractivity contribution in [2.75, 3.05) is 5.32 Å². The third kappa shape index (κ3) is 5.06. The van der Waals surface area contributed by atoms with Gasteiger partial charge in [0.1, 0.15) is 5.69 Å². The van der Waals surface area contributed by atoms with Crippen LogP contribution in [0.3, 0.4) is 0 Å². The maximum Gasteiger partial charge on any atom is 0.433 e. The predicted molar refractivity (Wildman–Crippen MR) is 120 cm³/mol. The molecule has 7 nitrogen and oxygen atoms in total. The number of hydrogen-bond donors (Lipinski definition) is 2. The fraction of sp³-hybridized carbons (Fsp3) is 0.167. The molecule has 0 radical (unpaired) electrons. The summed E-state index contributed by atoms with van der Waals surface area (Å²) in [4.78, 5) is 18.5. The van der Waals surface area contributed by atoms with Crippen molar-refractivity contribution in [3.05, 3.63) is 89.5 Å². The van der Waals surface area contributed by atoms with Gasteiger partial charge in [-0.05, 0) is 60.9 Å². The SMILES string of the molecule is Cc1cc(Nc2nccc(C(F)(F)F)n2)cc(-c2cnn(C(C)c3ccc(C(=O)O)cc3)c2)c1. The summed E-state index contributed by atoms with van der Waals surface area (Å²) >= 11 is 0. The maximum absolute atomic E-state index is 12.9. The lowest BCUT2D eigenvalue weighted by atomic mass is 10.0. The Morgan fingerprint density at radius 2 is 1.82 bits per heavy atom. The first kappa shape index (κ1) is 23.0. The topological polar surface area (TPSA) is 92.9 Å². The van der Waals surface area contributed by atoms with Gasteiger partial charge in [0.05, 0.1) is 17.8 Å². The Labute approximate surface area is 192 Å². The number of carboxylic acids is 1. The second kappa shape index (κ2) is 8.97. The first-order valence-electron chi connectivity index (χ1n) is 10.3. The van der Waals surface area contributed by atoms with E-state index < -0.39 is 17.8 Å². The predicted octanol–water partition coefficient (Wildman–Crippen LogP) is 5.72. The molecule has 1 atom stereocenters. The van der Waals surface area contributed by atoms with Crippen molar-refractivity contribution in [3.63, 3.8) is 0 Å². The molecule has 4 aromatic rings. The quantitative estimate of drug-likeness (QED) is 0.377. The number of carbonyl (C=O) groups is 1. The third-order valence-electron chi connectivity index (χ3n) is 5.25. The minimum Gasteiger partial charge on any atom is -0.478 e. The minimum absolute atomic E-state index is 0.141. The highest BCUT2D eigenvalue weighted by molar-refractivity contribution is 5.87. The van der Waals surface area contributed by atoms with Crippen molar-refractivity contribution >= 4 is 17.6 Å². The largest absolute Gasteiger partial charge is 0.478 e. The van der Waals surface area contributed by atoms with E-state index in [4.69, 9.17) is 5.11 Å². The van der Waals surface area contributed by atoms with E-state index in [-0.39, 0.29) is 17.6 Å². The van der Waals surface area contributed by atoms with E-state index in [1.165, 1.54) is 0 Å².